The molecule has 192 valence electrons. The van der Waals surface area contributed by atoms with Crippen molar-refractivity contribution in [1.82, 2.24) is 0 Å². The Morgan fingerprint density at radius 2 is 1.62 bits per heavy atom. The quantitative estimate of drug-likeness (QED) is 0.273. The van der Waals surface area contributed by atoms with Crippen LogP contribution in [0.25, 0.3) is 22.1 Å². The number of hydrogen-bond donors (Lipinski definition) is 0. The van der Waals surface area contributed by atoms with Crippen LogP contribution in [0.4, 0.5) is 18.9 Å². The van der Waals surface area contributed by atoms with E-state index in [1.807, 2.05) is 51.1 Å². The maximum atomic E-state index is 14.0. The van der Waals surface area contributed by atoms with E-state index in [-0.39, 0.29) is 40.8 Å². The van der Waals surface area contributed by atoms with Gasteiger partial charge < -0.3 is 14.1 Å². The number of amides is 1. The summed E-state index contributed by atoms with van der Waals surface area (Å²) < 4.78 is 53.0. The van der Waals surface area contributed by atoms with Crippen LogP contribution in [-0.4, -0.2) is 18.6 Å². The van der Waals surface area contributed by atoms with E-state index < -0.39 is 22.9 Å². The molecule has 0 bridgehead atoms. The second kappa shape index (κ2) is 10.5. The van der Waals surface area contributed by atoms with E-state index in [1.165, 1.54) is 24.3 Å². The third-order valence-electron chi connectivity index (χ3n) is 5.94. The van der Waals surface area contributed by atoms with Gasteiger partial charge in [-0.2, -0.15) is 13.2 Å². The number of para-hydroxylation sites is 1. The van der Waals surface area contributed by atoms with E-state index in [2.05, 4.69) is 0 Å². The first-order valence-electron chi connectivity index (χ1n) is 11.9. The fourth-order valence-electron chi connectivity index (χ4n) is 4.27. The van der Waals surface area contributed by atoms with E-state index in [0.717, 1.165) is 0 Å². The molecule has 8 heteroatoms. The molecular weight excluding hydrogens is 483 g/mol. The van der Waals surface area contributed by atoms with Gasteiger partial charge in [0.15, 0.2) is 6.61 Å². The van der Waals surface area contributed by atoms with Crippen molar-refractivity contribution >= 4 is 22.6 Å². The van der Waals surface area contributed by atoms with Gasteiger partial charge in [0, 0.05) is 17.8 Å². The van der Waals surface area contributed by atoms with Gasteiger partial charge in [-0.3, -0.25) is 9.59 Å². The number of aryl methyl sites for hydroxylation is 1. The van der Waals surface area contributed by atoms with Gasteiger partial charge in [0.1, 0.15) is 11.3 Å². The summed E-state index contributed by atoms with van der Waals surface area (Å²) in [5.41, 5.74) is -0.199. The molecule has 4 rings (SSSR count). The predicted molar refractivity (Wildman–Crippen MR) is 137 cm³/mol. The highest BCUT2D eigenvalue weighted by Gasteiger charge is 2.39. The zero-order valence-corrected chi connectivity index (χ0v) is 20.6. The maximum Gasteiger partial charge on any atom is 0.450 e. The molecule has 1 heterocycles. The van der Waals surface area contributed by atoms with E-state index in [9.17, 15) is 22.8 Å². The van der Waals surface area contributed by atoms with Gasteiger partial charge in [-0.05, 0) is 49.6 Å². The predicted octanol–water partition coefficient (Wildman–Crippen LogP) is 6.86. The van der Waals surface area contributed by atoms with Crippen LogP contribution in [0.5, 0.6) is 5.75 Å². The summed E-state index contributed by atoms with van der Waals surface area (Å²) in [6.07, 6.45) is -4.47. The third kappa shape index (κ3) is 5.38. The molecule has 0 spiro atoms. The van der Waals surface area contributed by atoms with Crippen LogP contribution < -0.4 is 15.1 Å². The molecule has 0 saturated carbocycles. The first kappa shape index (κ1) is 26.0. The van der Waals surface area contributed by atoms with Crippen LogP contribution in [0, 0.1) is 0 Å². The van der Waals surface area contributed by atoms with Crippen molar-refractivity contribution < 1.29 is 27.1 Å². The topological polar surface area (TPSA) is 59.8 Å². The van der Waals surface area contributed by atoms with Crippen molar-refractivity contribution in [3.63, 3.8) is 0 Å². The summed E-state index contributed by atoms with van der Waals surface area (Å²) in [5, 5.41) is 0.00970. The number of halogens is 3. The summed E-state index contributed by atoms with van der Waals surface area (Å²) in [4.78, 5) is 27.9. The van der Waals surface area contributed by atoms with Crippen molar-refractivity contribution in [2.24, 2.45) is 0 Å². The van der Waals surface area contributed by atoms with Crippen LogP contribution in [0.1, 0.15) is 32.1 Å². The Kier molecular flexibility index (Phi) is 7.38. The number of rotatable bonds is 7. The highest BCUT2D eigenvalue weighted by atomic mass is 19.4. The van der Waals surface area contributed by atoms with Crippen molar-refractivity contribution in [2.75, 3.05) is 11.5 Å². The standard InChI is InChI=1S/C29H26F3NO4/c1-4-19-15-22-24(37-28(29(30,31)32)26(27(22)35)20-11-7-5-8-12-20)16-23(19)36-17-25(34)33(18(2)3)21-13-9-6-10-14-21/h5-16,18H,4,17H2,1-3H3. The molecular formula is C29H26F3NO4. The van der Waals surface area contributed by atoms with E-state index in [4.69, 9.17) is 9.15 Å². The molecule has 3 aromatic carbocycles. The lowest BCUT2D eigenvalue weighted by Crippen LogP contribution is -2.40. The third-order valence-corrected chi connectivity index (χ3v) is 5.94. The van der Waals surface area contributed by atoms with Crippen molar-refractivity contribution in [3.05, 3.63) is 94.3 Å². The zero-order valence-electron chi connectivity index (χ0n) is 20.6. The Morgan fingerprint density at radius 1 is 1.00 bits per heavy atom. The van der Waals surface area contributed by atoms with Gasteiger partial charge in [-0.25, -0.2) is 0 Å². The molecule has 0 aliphatic carbocycles. The van der Waals surface area contributed by atoms with Gasteiger partial charge >= 0.3 is 6.18 Å². The Hall–Kier alpha value is -4.07. The number of anilines is 1. The van der Waals surface area contributed by atoms with Crippen molar-refractivity contribution in [2.45, 2.75) is 39.4 Å². The van der Waals surface area contributed by atoms with Crippen molar-refractivity contribution in [1.29, 1.82) is 0 Å². The number of nitrogens with zero attached hydrogens (tertiary/aromatic N) is 1. The summed E-state index contributed by atoms with van der Waals surface area (Å²) in [6.45, 7) is 5.22. The van der Waals surface area contributed by atoms with Gasteiger partial charge in [0.05, 0.1) is 10.9 Å². The molecule has 0 saturated heterocycles. The summed E-state index contributed by atoms with van der Waals surface area (Å²) in [5.74, 6) is -1.51. The number of alkyl halides is 3. The highest BCUT2D eigenvalue weighted by molar-refractivity contribution is 5.95. The largest absolute Gasteiger partial charge is 0.483 e. The number of ether oxygens (including phenoxy) is 1. The van der Waals surface area contributed by atoms with Gasteiger partial charge in [-0.15, -0.1) is 0 Å². The molecule has 0 aliphatic rings. The second-order valence-corrected chi connectivity index (χ2v) is 8.79. The number of fused-ring (bicyclic) bond motifs is 1. The number of carbonyl (C=O) groups excluding carboxylic acids is 1. The van der Waals surface area contributed by atoms with Crippen LogP contribution in [0.15, 0.2) is 82.0 Å². The van der Waals surface area contributed by atoms with E-state index in [0.29, 0.717) is 17.7 Å². The highest BCUT2D eigenvalue weighted by Crippen LogP contribution is 2.38. The van der Waals surface area contributed by atoms with Gasteiger partial charge in [-0.1, -0.05) is 55.5 Å². The van der Waals surface area contributed by atoms with Gasteiger partial charge in [0.25, 0.3) is 5.91 Å². The molecule has 0 radical (unpaired) electrons. The molecule has 37 heavy (non-hydrogen) atoms. The molecule has 0 aliphatic heterocycles. The lowest BCUT2D eigenvalue weighted by molar-refractivity contribution is -0.152. The Morgan fingerprint density at radius 3 is 2.19 bits per heavy atom. The minimum atomic E-state index is -4.90. The Bertz CT molecular complexity index is 1460. The minimum absolute atomic E-state index is 0.00970. The first-order valence-corrected chi connectivity index (χ1v) is 11.9. The first-order chi connectivity index (χ1) is 17.6. The summed E-state index contributed by atoms with van der Waals surface area (Å²) in [6, 6.07) is 19.3. The van der Waals surface area contributed by atoms with Crippen molar-refractivity contribution in [3.8, 4) is 16.9 Å². The molecule has 0 N–H and O–H groups in total. The van der Waals surface area contributed by atoms with Gasteiger partial charge in [0.2, 0.25) is 11.2 Å². The molecule has 0 unspecified atom stereocenters. The van der Waals surface area contributed by atoms with E-state index >= 15 is 0 Å². The van der Waals surface area contributed by atoms with Crippen LogP contribution in [-0.2, 0) is 17.4 Å². The summed E-state index contributed by atoms with van der Waals surface area (Å²) in [7, 11) is 0. The van der Waals surface area contributed by atoms with Crippen LogP contribution in [0.3, 0.4) is 0 Å². The fraction of sp³-hybridized carbons (Fsp3) is 0.241. The van der Waals surface area contributed by atoms with E-state index in [1.54, 1.807) is 23.1 Å². The molecule has 1 amide bonds. The summed E-state index contributed by atoms with van der Waals surface area (Å²) >= 11 is 0. The number of hydrogen-bond acceptors (Lipinski definition) is 4. The van der Waals surface area contributed by atoms with Crippen LogP contribution >= 0.6 is 0 Å². The Labute approximate surface area is 212 Å². The molecule has 0 atom stereocenters. The lowest BCUT2D eigenvalue weighted by Gasteiger charge is -2.27. The molecule has 0 fully saturated rings. The average Bonchev–Trinajstić information content (AvgIpc) is 2.87. The molecule has 4 aromatic rings. The average molecular weight is 510 g/mol. The number of carbonyl (C=O) groups is 1. The minimum Gasteiger partial charge on any atom is -0.483 e. The zero-order chi connectivity index (χ0) is 26.7. The fourth-order valence-corrected chi connectivity index (χ4v) is 4.27. The monoisotopic (exact) mass is 509 g/mol. The number of benzene rings is 3. The molecule has 1 aromatic heterocycles. The molecule has 5 nitrogen and oxygen atoms in total. The maximum absolute atomic E-state index is 14.0. The smallest absolute Gasteiger partial charge is 0.450 e. The van der Waals surface area contributed by atoms with Crippen LogP contribution in [0.2, 0.25) is 0 Å². The SMILES string of the molecule is CCc1cc2c(=O)c(-c3ccccc3)c(C(F)(F)F)oc2cc1OCC(=O)N(c1ccccc1)C(C)C. The Balaban J connectivity index is 1.76. The lowest BCUT2D eigenvalue weighted by atomic mass is 10.00. The second-order valence-electron chi connectivity index (χ2n) is 8.79. The normalized spacial score (nSPS) is 11.6.